The van der Waals surface area contributed by atoms with E-state index in [1.165, 1.54) is 0 Å². The van der Waals surface area contributed by atoms with Crippen molar-refractivity contribution in [3.05, 3.63) is 95.6 Å². The van der Waals surface area contributed by atoms with Crippen LogP contribution < -0.4 is 10.6 Å². The summed E-state index contributed by atoms with van der Waals surface area (Å²) in [5, 5.41) is 14.3. The third-order valence-electron chi connectivity index (χ3n) is 5.44. The van der Waals surface area contributed by atoms with Crippen molar-refractivity contribution in [3.63, 3.8) is 0 Å². The monoisotopic (exact) mass is 430 g/mol. The molecule has 2 amide bonds. The zero-order valence-corrected chi connectivity index (χ0v) is 17.2. The minimum atomic E-state index is -1.32. The largest absolute Gasteiger partial charge is 0.480 e. The van der Waals surface area contributed by atoms with Crippen LogP contribution in [0, 0.1) is 0 Å². The van der Waals surface area contributed by atoms with Crippen LogP contribution in [0.2, 0.25) is 0 Å². The molecule has 0 aromatic heterocycles. The molecule has 162 valence electrons. The zero-order valence-electron chi connectivity index (χ0n) is 17.2. The van der Waals surface area contributed by atoms with E-state index in [1.807, 2.05) is 48.5 Å². The van der Waals surface area contributed by atoms with E-state index in [9.17, 15) is 19.5 Å². The highest BCUT2D eigenvalue weighted by Gasteiger charge is 2.29. The molecule has 32 heavy (non-hydrogen) atoms. The molecule has 0 unspecified atom stereocenters. The average Bonchev–Trinajstić information content (AvgIpc) is 3.14. The third-order valence-corrected chi connectivity index (χ3v) is 5.44. The Hall–Kier alpha value is -4.13. The zero-order chi connectivity index (χ0) is 22.5. The van der Waals surface area contributed by atoms with Crippen LogP contribution in [0.15, 0.2) is 78.9 Å². The van der Waals surface area contributed by atoms with Gasteiger partial charge in [-0.1, -0.05) is 66.7 Å². The Labute approximate surface area is 185 Å². The summed E-state index contributed by atoms with van der Waals surface area (Å²) < 4.78 is 5.39. The molecule has 3 N–H and O–H groups in total. The van der Waals surface area contributed by atoms with Crippen molar-refractivity contribution in [2.45, 2.75) is 12.0 Å². The second kappa shape index (κ2) is 9.34. The van der Waals surface area contributed by atoms with Crippen molar-refractivity contribution >= 4 is 18.0 Å². The minimum Gasteiger partial charge on any atom is -0.480 e. The van der Waals surface area contributed by atoms with Crippen molar-refractivity contribution in [3.8, 4) is 11.1 Å². The molecule has 0 aliphatic heterocycles. The second-order valence-corrected chi connectivity index (χ2v) is 7.44. The Morgan fingerprint density at radius 1 is 0.844 bits per heavy atom. The number of carbonyl (C=O) groups excluding carboxylic acids is 2. The fourth-order valence-corrected chi connectivity index (χ4v) is 3.87. The summed E-state index contributed by atoms with van der Waals surface area (Å²) in [5.74, 6) is -1.83. The number of ether oxygens (including phenoxy) is 1. The van der Waals surface area contributed by atoms with Gasteiger partial charge in [0.25, 0.3) is 5.91 Å². The number of amides is 2. The van der Waals surface area contributed by atoms with Crippen LogP contribution in [0.25, 0.3) is 11.1 Å². The Morgan fingerprint density at radius 2 is 1.41 bits per heavy atom. The smallest absolute Gasteiger partial charge is 0.407 e. The molecule has 3 aromatic carbocycles. The first kappa shape index (κ1) is 21.1. The minimum absolute atomic E-state index is 0.0720. The number of carboxylic acids is 1. The van der Waals surface area contributed by atoms with Gasteiger partial charge < -0.3 is 20.5 Å². The van der Waals surface area contributed by atoms with E-state index in [-0.39, 0.29) is 19.1 Å². The van der Waals surface area contributed by atoms with Gasteiger partial charge in [0.2, 0.25) is 0 Å². The van der Waals surface area contributed by atoms with Crippen LogP contribution in [-0.4, -0.2) is 42.3 Å². The summed E-state index contributed by atoms with van der Waals surface area (Å²) in [6, 6.07) is 23.0. The van der Waals surface area contributed by atoms with Gasteiger partial charge in [0.1, 0.15) is 12.6 Å². The molecule has 7 nitrogen and oxygen atoms in total. The number of benzene rings is 3. The first-order valence-corrected chi connectivity index (χ1v) is 10.2. The molecule has 0 bridgehead atoms. The maximum atomic E-state index is 12.3. The third kappa shape index (κ3) is 4.46. The lowest BCUT2D eigenvalue weighted by Gasteiger charge is -2.18. The first-order valence-electron chi connectivity index (χ1n) is 10.2. The van der Waals surface area contributed by atoms with Gasteiger partial charge in [0.15, 0.2) is 0 Å². The average molecular weight is 430 g/mol. The highest BCUT2D eigenvalue weighted by Crippen LogP contribution is 2.44. The quantitative estimate of drug-likeness (QED) is 0.533. The van der Waals surface area contributed by atoms with Crippen LogP contribution in [0.1, 0.15) is 27.4 Å². The van der Waals surface area contributed by atoms with Crippen LogP contribution in [0.4, 0.5) is 4.79 Å². The van der Waals surface area contributed by atoms with E-state index in [2.05, 4.69) is 10.6 Å². The van der Waals surface area contributed by atoms with E-state index in [0.29, 0.717) is 5.56 Å². The molecule has 3 aromatic rings. The van der Waals surface area contributed by atoms with E-state index >= 15 is 0 Å². The standard InChI is InChI=1S/C25H22N2O5/c28-23(16-8-2-1-3-9-16)26-14-22(24(29)30)27-25(31)32-15-21-19-12-6-4-10-17(19)18-11-5-7-13-20(18)21/h1-13,21-22H,14-15H2,(H,26,28)(H,27,31)(H,29,30)/t22-/m0/s1. The predicted molar refractivity (Wildman–Crippen MR) is 118 cm³/mol. The molecular weight excluding hydrogens is 408 g/mol. The van der Waals surface area contributed by atoms with Crippen molar-refractivity contribution < 1.29 is 24.2 Å². The molecule has 0 radical (unpaired) electrons. The van der Waals surface area contributed by atoms with Gasteiger partial charge in [-0.2, -0.15) is 0 Å². The van der Waals surface area contributed by atoms with Gasteiger partial charge >= 0.3 is 12.1 Å². The summed E-state index contributed by atoms with van der Waals surface area (Å²) in [4.78, 5) is 36.0. The molecule has 0 heterocycles. The van der Waals surface area contributed by atoms with Crippen molar-refractivity contribution in [2.24, 2.45) is 0 Å². The lowest BCUT2D eigenvalue weighted by molar-refractivity contribution is -0.139. The van der Waals surface area contributed by atoms with Gasteiger partial charge in [0.05, 0.1) is 0 Å². The van der Waals surface area contributed by atoms with E-state index in [4.69, 9.17) is 4.74 Å². The SMILES string of the molecule is O=C(N[C@@H](CNC(=O)c1ccccc1)C(=O)O)OCC1c2ccccc2-c2ccccc21. The molecule has 1 aliphatic carbocycles. The van der Waals surface area contributed by atoms with Crippen LogP contribution >= 0.6 is 0 Å². The van der Waals surface area contributed by atoms with Crippen molar-refractivity contribution in [1.29, 1.82) is 0 Å². The fraction of sp³-hybridized carbons (Fsp3) is 0.160. The molecule has 1 aliphatic rings. The topological polar surface area (TPSA) is 105 Å². The number of carboxylic acid groups (broad SMARTS) is 1. The fourth-order valence-electron chi connectivity index (χ4n) is 3.87. The summed E-state index contributed by atoms with van der Waals surface area (Å²) in [7, 11) is 0. The van der Waals surface area contributed by atoms with E-state index in [1.54, 1.807) is 30.3 Å². The highest BCUT2D eigenvalue weighted by atomic mass is 16.5. The van der Waals surface area contributed by atoms with Gasteiger partial charge in [0, 0.05) is 18.0 Å². The van der Waals surface area contributed by atoms with E-state index in [0.717, 1.165) is 22.3 Å². The summed E-state index contributed by atoms with van der Waals surface area (Å²) in [6.07, 6.45) is -0.853. The van der Waals surface area contributed by atoms with Crippen LogP contribution in [0.3, 0.4) is 0 Å². The first-order chi connectivity index (χ1) is 15.5. The maximum Gasteiger partial charge on any atom is 0.407 e. The number of rotatable bonds is 7. The normalized spacial score (nSPS) is 12.9. The van der Waals surface area contributed by atoms with Crippen molar-refractivity contribution in [1.82, 2.24) is 10.6 Å². The number of fused-ring (bicyclic) bond motifs is 3. The molecule has 0 saturated carbocycles. The number of hydrogen-bond acceptors (Lipinski definition) is 4. The van der Waals surface area contributed by atoms with Crippen LogP contribution in [-0.2, 0) is 9.53 Å². The number of hydrogen-bond donors (Lipinski definition) is 3. The molecule has 7 heteroatoms. The number of aliphatic carboxylic acids is 1. The van der Waals surface area contributed by atoms with Gasteiger partial charge in [-0.25, -0.2) is 9.59 Å². The summed E-state index contributed by atoms with van der Waals surface area (Å²) >= 11 is 0. The Morgan fingerprint density at radius 3 is 2.00 bits per heavy atom. The Kier molecular flexibility index (Phi) is 6.17. The Balaban J connectivity index is 1.36. The molecule has 0 fully saturated rings. The van der Waals surface area contributed by atoms with E-state index < -0.39 is 24.0 Å². The summed E-state index contributed by atoms with van der Waals surface area (Å²) in [5.41, 5.74) is 4.73. The number of alkyl carbamates (subject to hydrolysis) is 1. The van der Waals surface area contributed by atoms with Gasteiger partial charge in [-0.3, -0.25) is 4.79 Å². The van der Waals surface area contributed by atoms with Gasteiger partial charge in [-0.15, -0.1) is 0 Å². The molecule has 4 rings (SSSR count). The summed E-state index contributed by atoms with van der Waals surface area (Å²) in [6.45, 7) is -0.199. The molecule has 1 atom stereocenters. The second-order valence-electron chi connectivity index (χ2n) is 7.44. The lowest BCUT2D eigenvalue weighted by atomic mass is 9.98. The van der Waals surface area contributed by atoms with Gasteiger partial charge in [-0.05, 0) is 34.4 Å². The Bertz CT molecular complexity index is 1100. The van der Waals surface area contributed by atoms with Crippen LogP contribution in [0.5, 0.6) is 0 Å². The molecule has 0 saturated heterocycles. The lowest BCUT2D eigenvalue weighted by Crippen LogP contribution is -2.48. The molecule has 0 spiro atoms. The number of nitrogens with one attached hydrogen (secondary N) is 2. The number of carbonyl (C=O) groups is 3. The highest BCUT2D eigenvalue weighted by molar-refractivity contribution is 5.94. The molecular formula is C25H22N2O5. The predicted octanol–water partition coefficient (Wildman–Crippen LogP) is 3.41. The maximum absolute atomic E-state index is 12.3. The van der Waals surface area contributed by atoms with Crippen molar-refractivity contribution in [2.75, 3.05) is 13.2 Å².